The first-order chi connectivity index (χ1) is 16.0. The molecular weight excluding hydrogens is 444 g/mol. The molecule has 2 N–H and O–H groups in total. The lowest BCUT2D eigenvalue weighted by molar-refractivity contribution is 0.262. The minimum Gasteiger partial charge on any atom is -0.494 e. The molecule has 0 radical (unpaired) electrons. The van der Waals surface area contributed by atoms with E-state index in [2.05, 4.69) is 15.6 Å². The third-order valence-electron chi connectivity index (χ3n) is 4.58. The Hall–Kier alpha value is -4.04. The van der Waals surface area contributed by atoms with E-state index in [1.54, 1.807) is 60.7 Å². The molecule has 9 heteroatoms. The van der Waals surface area contributed by atoms with Crippen LogP contribution in [-0.2, 0) is 6.61 Å². The number of fused-ring (bicyclic) bond motifs is 1. The summed E-state index contributed by atoms with van der Waals surface area (Å²) in [5.74, 6) is 1.26. The lowest BCUT2D eigenvalue weighted by Gasteiger charge is -2.11. The van der Waals surface area contributed by atoms with Crippen molar-refractivity contribution in [1.82, 2.24) is 9.38 Å². The second kappa shape index (κ2) is 10.1. The Balaban J connectivity index is 1.37. The number of pyridine rings is 1. The van der Waals surface area contributed by atoms with Crippen LogP contribution in [0.4, 0.5) is 16.2 Å². The minimum absolute atomic E-state index is 0.0934. The molecule has 0 spiro atoms. The molecule has 168 valence electrons. The number of benzene rings is 2. The lowest BCUT2D eigenvalue weighted by atomic mass is 10.3. The van der Waals surface area contributed by atoms with Crippen LogP contribution in [0.2, 0.25) is 5.02 Å². The standard InChI is InChI=1S/C24H21ClN4O4/c1-2-32-20-9-7-17(8-10-20)27-24(31)28-18-4-3-5-21(12-18)33-15-19-13-23(30)29-14-16(25)6-11-22(29)26-19/h3-14H,2,15H2,1H3,(H2,27,28,31). The molecule has 4 rings (SSSR count). The molecule has 0 aliphatic carbocycles. The normalized spacial score (nSPS) is 10.6. The number of amides is 2. The Morgan fingerprint density at radius 2 is 1.76 bits per heavy atom. The Morgan fingerprint density at radius 1 is 0.970 bits per heavy atom. The van der Waals surface area contributed by atoms with Crippen molar-refractivity contribution in [1.29, 1.82) is 0 Å². The SMILES string of the molecule is CCOc1ccc(NC(=O)Nc2cccc(OCc3cc(=O)n4cc(Cl)ccc4n3)c2)cc1. The fourth-order valence-corrected chi connectivity index (χ4v) is 3.28. The zero-order valence-electron chi connectivity index (χ0n) is 17.7. The van der Waals surface area contributed by atoms with Gasteiger partial charge in [0, 0.05) is 29.7 Å². The fourth-order valence-electron chi connectivity index (χ4n) is 3.12. The molecule has 0 saturated heterocycles. The van der Waals surface area contributed by atoms with E-state index in [9.17, 15) is 9.59 Å². The molecule has 2 aromatic carbocycles. The predicted octanol–water partition coefficient (Wildman–Crippen LogP) is 4.97. The number of hydrogen-bond acceptors (Lipinski definition) is 5. The van der Waals surface area contributed by atoms with Crippen molar-refractivity contribution < 1.29 is 14.3 Å². The summed E-state index contributed by atoms with van der Waals surface area (Å²) in [6.45, 7) is 2.58. The molecule has 2 amide bonds. The van der Waals surface area contributed by atoms with Crippen LogP contribution in [0.25, 0.3) is 5.65 Å². The molecule has 2 aromatic heterocycles. The van der Waals surface area contributed by atoms with E-state index in [0.29, 0.717) is 40.1 Å². The van der Waals surface area contributed by atoms with Gasteiger partial charge in [0.2, 0.25) is 0 Å². The molecule has 0 unspecified atom stereocenters. The van der Waals surface area contributed by atoms with E-state index in [1.165, 1.54) is 16.7 Å². The molecular formula is C24H21ClN4O4. The molecule has 2 heterocycles. The van der Waals surface area contributed by atoms with Crippen molar-refractivity contribution in [2.24, 2.45) is 0 Å². The number of carbonyl (C=O) groups excluding carboxylic acids is 1. The van der Waals surface area contributed by atoms with E-state index in [1.807, 2.05) is 6.92 Å². The van der Waals surface area contributed by atoms with Gasteiger partial charge < -0.3 is 20.1 Å². The summed E-state index contributed by atoms with van der Waals surface area (Å²) in [6, 6.07) is 18.4. The van der Waals surface area contributed by atoms with Crippen LogP contribution in [-0.4, -0.2) is 22.0 Å². The smallest absolute Gasteiger partial charge is 0.323 e. The Kier molecular flexibility index (Phi) is 6.75. The van der Waals surface area contributed by atoms with E-state index in [4.69, 9.17) is 21.1 Å². The fraction of sp³-hybridized carbons (Fsp3) is 0.125. The van der Waals surface area contributed by atoms with Gasteiger partial charge in [0.05, 0.1) is 17.3 Å². The highest BCUT2D eigenvalue weighted by molar-refractivity contribution is 6.30. The third kappa shape index (κ3) is 5.81. The number of rotatable bonds is 7. The zero-order chi connectivity index (χ0) is 23.2. The van der Waals surface area contributed by atoms with Crippen molar-refractivity contribution in [2.75, 3.05) is 17.2 Å². The number of halogens is 1. The van der Waals surface area contributed by atoms with Gasteiger partial charge in [-0.2, -0.15) is 0 Å². The van der Waals surface area contributed by atoms with E-state index < -0.39 is 0 Å². The maximum absolute atomic E-state index is 12.3. The number of aromatic nitrogens is 2. The average Bonchev–Trinajstić information content (AvgIpc) is 2.80. The van der Waals surface area contributed by atoms with Crippen LogP contribution < -0.4 is 25.7 Å². The van der Waals surface area contributed by atoms with Crippen molar-refractivity contribution in [3.05, 3.63) is 94.0 Å². The van der Waals surface area contributed by atoms with Crippen LogP contribution in [0.3, 0.4) is 0 Å². The largest absolute Gasteiger partial charge is 0.494 e. The van der Waals surface area contributed by atoms with Gasteiger partial charge in [-0.3, -0.25) is 9.20 Å². The zero-order valence-corrected chi connectivity index (χ0v) is 18.5. The average molecular weight is 465 g/mol. The maximum Gasteiger partial charge on any atom is 0.323 e. The Bertz CT molecular complexity index is 1340. The van der Waals surface area contributed by atoms with Crippen LogP contribution in [0.15, 0.2) is 77.7 Å². The number of urea groups is 1. The molecule has 0 saturated carbocycles. The Morgan fingerprint density at radius 3 is 2.55 bits per heavy atom. The van der Waals surface area contributed by atoms with Gasteiger partial charge >= 0.3 is 6.03 Å². The number of carbonyl (C=O) groups is 1. The van der Waals surface area contributed by atoms with Gasteiger partial charge in [-0.05, 0) is 55.5 Å². The predicted molar refractivity (Wildman–Crippen MR) is 127 cm³/mol. The summed E-state index contributed by atoms with van der Waals surface area (Å²) in [5, 5.41) is 5.98. The summed E-state index contributed by atoms with van der Waals surface area (Å²) in [6.07, 6.45) is 1.52. The first kappa shape index (κ1) is 22.2. The van der Waals surface area contributed by atoms with Crippen molar-refractivity contribution in [3.8, 4) is 11.5 Å². The highest BCUT2D eigenvalue weighted by atomic mass is 35.5. The molecule has 8 nitrogen and oxygen atoms in total. The molecule has 4 aromatic rings. The third-order valence-corrected chi connectivity index (χ3v) is 4.80. The van der Waals surface area contributed by atoms with Crippen molar-refractivity contribution in [3.63, 3.8) is 0 Å². The summed E-state index contributed by atoms with van der Waals surface area (Å²) < 4.78 is 12.5. The Labute approximate surface area is 194 Å². The molecule has 0 atom stereocenters. The quantitative estimate of drug-likeness (QED) is 0.402. The summed E-state index contributed by atoms with van der Waals surface area (Å²) in [4.78, 5) is 29.0. The van der Waals surface area contributed by atoms with Crippen LogP contribution >= 0.6 is 11.6 Å². The molecule has 0 aliphatic rings. The topological polar surface area (TPSA) is 94.0 Å². The number of hydrogen-bond donors (Lipinski definition) is 2. The van der Waals surface area contributed by atoms with Gasteiger partial charge in [-0.1, -0.05) is 17.7 Å². The van der Waals surface area contributed by atoms with Crippen LogP contribution in [0.1, 0.15) is 12.6 Å². The van der Waals surface area contributed by atoms with Crippen molar-refractivity contribution in [2.45, 2.75) is 13.5 Å². The summed E-state index contributed by atoms with van der Waals surface area (Å²) >= 11 is 5.93. The monoisotopic (exact) mass is 464 g/mol. The maximum atomic E-state index is 12.3. The number of anilines is 2. The lowest BCUT2D eigenvalue weighted by Crippen LogP contribution is -2.19. The number of nitrogens with zero attached hydrogens (tertiary/aromatic N) is 2. The molecule has 0 aliphatic heterocycles. The molecule has 0 fully saturated rings. The summed E-state index contributed by atoms with van der Waals surface area (Å²) in [5.41, 5.74) is 1.90. The van der Waals surface area contributed by atoms with Crippen LogP contribution in [0.5, 0.6) is 11.5 Å². The second-order valence-electron chi connectivity index (χ2n) is 7.01. The van der Waals surface area contributed by atoms with Gasteiger partial charge in [0.1, 0.15) is 23.8 Å². The first-order valence-electron chi connectivity index (χ1n) is 10.2. The molecule has 0 bridgehead atoms. The molecule has 33 heavy (non-hydrogen) atoms. The number of nitrogens with one attached hydrogen (secondary N) is 2. The van der Waals surface area contributed by atoms with Crippen LogP contribution in [0, 0.1) is 0 Å². The van der Waals surface area contributed by atoms with E-state index in [-0.39, 0.29) is 18.2 Å². The van der Waals surface area contributed by atoms with E-state index >= 15 is 0 Å². The number of ether oxygens (including phenoxy) is 2. The first-order valence-corrected chi connectivity index (χ1v) is 10.6. The second-order valence-corrected chi connectivity index (χ2v) is 7.45. The van der Waals surface area contributed by atoms with E-state index in [0.717, 1.165) is 5.75 Å². The van der Waals surface area contributed by atoms with Crippen molar-refractivity contribution >= 4 is 34.7 Å². The van der Waals surface area contributed by atoms with Gasteiger partial charge in [0.25, 0.3) is 5.56 Å². The highest BCUT2D eigenvalue weighted by Gasteiger charge is 2.07. The van der Waals surface area contributed by atoms with Gasteiger partial charge in [0.15, 0.2) is 0 Å². The minimum atomic E-state index is -0.390. The van der Waals surface area contributed by atoms with Gasteiger partial charge in [-0.25, -0.2) is 9.78 Å². The summed E-state index contributed by atoms with van der Waals surface area (Å²) in [7, 11) is 0. The van der Waals surface area contributed by atoms with Gasteiger partial charge in [-0.15, -0.1) is 0 Å². The highest BCUT2D eigenvalue weighted by Crippen LogP contribution is 2.20.